The smallest absolute Gasteiger partial charge is 0.240 e. The maximum atomic E-state index is 6.27. The molecule has 0 spiro atoms. The summed E-state index contributed by atoms with van der Waals surface area (Å²) in [6.45, 7) is 0.329. The van der Waals surface area contributed by atoms with Crippen molar-refractivity contribution in [2.45, 2.75) is 6.61 Å². The van der Waals surface area contributed by atoms with E-state index >= 15 is 0 Å². The molecule has 0 unspecified atom stereocenters. The number of para-hydroxylation sites is 2. The van der Waals surface area contributed by atoms with Crippen molar-refractivity contribution in [3.63, 3.8) is 0 Å². The van der Waals surface area contributed by atoms with Crippen LogP contribution in [-0.4, -0.2) is 9.97 Å². The van der Waals surface area contributed by atoms with Crippen LogP contribution in [0.5, 0.6) is 5.88 Å². The fourth-order valence-corrected chi connectivity index (χ4v) is 3.48. The van der Waals surface area contributed by atoms with Crippen LogP contribution >= 0.6 is 34.8 Å². The van der Waals surface area contributed by atoms with Gasteiger partial charge in [0, 0.05) is 15.1 Å². The van der Waals surface area contributed by atoms with E-state index in [1.807, 2.05) is 66.7 Å². The highest BCUT2D eigenvalue weighted by atomic mass is 35.5. The number of fused-ring (bicyclic) bond motifs is 1. The van der Waals surface area contributed by atoms with Gasteiger partial charge in [0.15, 0.2) is 0 Å². The molecule has 0 bridgehead atoms. The fraction of sp³-hybridized carbons (Fsp3) is 0.0435. The molecule has 144 valence electrons. The number of hydrogen-bond donors (Lipinski definition) is 0. The van der Waals surface area contributed by atoms with E-state index in [1.54, 1.807) is 12.1 Å². The maximum absolute atomic E-state index is 6.27. The second kappa shape index (κ2) is 8.83. The maximum Gasteiger partial charge on any atom is 0.240 e. The highest BCUT2D eigenvalue weighted by Crippen LogP contribution is 2.26. The summed E-state index contributed by atoms with van der Waals surface area (Å²) in [6.07, 6.45) is 3.70. The average molecular weight is 442 g/mol. The molecule has 0 saturated carbocycles. The number of ether oxygens (including phenoxy) is 1. The van der Waals surface area contributed by atoms with Gasteiger partial charge in [-0.3, -0.25) is 0 Å². The highest BCUT2D eigenvalue weighted by Gasteiger charge is 2.09. The van der Waals surface area contributed by atoms with Crippen molar-refractivity contribution in [1.82, 2.24) is 9.97 Å². The Balaban J connectivity index is 1.68. The molecule has 1 heterocycles. The first-order chi connectivity index (χ1) is 14.1. The largest absolute Gasteiger partial charge is 0.471 e. The minimum Gasteiger partial charge on any atom is -0.471 e. The standard InChI is InChI=1S/C23H15Cl3N2O/c24-17-5-3-4-15(12-17)14-29-23-22(27-20-6-1-2-7-21(20)28-23)11-9-16-8-10-18(25)13-19(16)26/h1-13H,14H2/b11-9+. The predicted octanol–water partition coefficient (Wildman–Crippen LogP) is 7.34. The summed E-state index contributed by atoms with van der Waals surface area (Å²) in [5.41, 5.74) is 3.92. The SMILES string of the molecule is Clc1cccc(COc2nc3ccccc3nc2/C=C/c2ccc(Cl)cc2Cl)c1. The summed E-state index contributed by atoms with van der Waals surface area (Å²) < 4.78 is 5.99. The zero-order valence-corrected chi connectivity index (χ0v) is 17.4. The Labute approximate surface area is 183 Å². The van der Waals surface area contributed by atoms with E-state index in [4.69, 9.17) is 44.5 Å². The number of benzene rings is 3. The van der Waals surface area contributed by atoms with Crippen LogP contribution in [0, 0.1) is 0 Å². The third kappa shape index (κ3) is 4.88. The van der Waals surface area contributed by atoms with Gasteiger partial charge in [0.25, 0.3) is 0 Å². The Bertz CT molecular complexity index is 1210. The molecule has 0 atom stereocenters. The van der Waals surface area contributed by atoms with Crippen molar-refractivity contribution in [3.8, 4) is 5.88 Å². The molecule has 0 fully saturated rings. The number of rotatable bonds is 5. The van der Waals surface area contributed by atoms with Crippen LogP contribution in [0.1, 0.15) is 16.8 Å². The van der Waals surface area contributed by atoms with Crippen molar-refractivity contribution in [3.05, 3.63) is 98.6 Å². The zero-order chi connectivity index (χ0) is 20.2. The predicted molar refractivity (Wildman–Crippen MR) is 121 cm³/mol. The summed E-state index contributed by atoms with van der Waals surface area (Å²) in [6, 6.07) is 20.5. The Morgan fingerprint density at radius 2 is 1.52 bits per heavy atom. The molecule has 0 saturated heterocycles. The van der Waals surface area contributed by atoms with Gasteiger partial charge in [-0.1, -0.05) is 71.2 Å². The topological polar surface area (TPSA) is 35.0 Å². The average Bonchev–Trinajstić information content (AvgIpc) is 2.71. The molecule has 4 rings (SSSR count). The van der Waals surface area contributed by atoms with Gasteiger partial charge in [-0.15, -0.1) is 0 Å². The minimum atomic E-state index is 0.329. The number of hydrogen-bond acceptors (Lipinski definition) is 3. The second-order valence-electron chi connectivity index (χ2n) is 6.32. The molecule has 6 heteroatoms. The summed E-state index contributed by atoms with van der Waals surface area (Å²) in [5, 5.41) is 1.81. The summed E-state index contributed by atoms with van der Waals surface area (Å²) >= 11 is 18.3. The molecule has 29 heavy (non-hydrogen) atoms. The van der Waals surface area contributed by atoms with Gasteiger partial charge in [0.1, 0.15) is 12.3 Å². The first-order valence-corrected chi connectivity index (χ1v) is 9.99. The fourth-order valence-electron chi connectivity index (χ4n) is 2.80. The molecule has 3 nitrogen and oxygen atoms in total. The molecule has 1 aromatic heterocycles. The van der Waals surface area contributed by atoms with Crippen molar-refractivity contribution in [2.75, 3.05) is 0 Å². The van der Waals surface area contributed by atoms with Crippen LogP contribution in [-0.2, 0) is 6.61 Å². The number of halogens is 3. The van der Waals surface area contributed by atoms with Gasteiger partial charge in [0.05, 0.1) is 11.0 Å². The lowest BCUT2D eigenvalue weighted by molar-refractivity contribution is 0.293. The van der Waals surface area contributed by atoms with Crippen molar-refractivity contribution >= 4 is 58.0 Å². The van der Waals surface area contributed by atoms with Gasteiger partial charge in [-0.25, -0.2) is 9.97 Å². The lowest BCUT2D eigenvalue weighted by Crippen LogP contribution is -2.01. The van der Waals surface area contributed by atoms with E-state index in [9.17, 15) is 0 Å². The number of nitrogens with zero attached hydrogens (tertiary/aromatic N) is 2. The van der Waals surface area contributed by atoms with Crippen LogP contribution in [0.4, 0.5) is 0 Å². The Morgan fingerprint density at radius 3 is 2.28 bits per heavy atom. The Morgan fingerprint density at radius 1 is 0.759 bits per heavy atom. The lowest BCUT2D eigenvalue weighted by atomic mass is 10.2. The van der Waals surface area contributed by atoms with Gasteiger partial charge in [-0.05, 0) is 53.6 Å². The summed E-state index contributed by atoms with van der Waals surface area (Å²) in [4.78, 5) is 9.34. The molecule has 0 aliphatic rings. The molecule has 0 N–H and O–H groups in total. The lowest BCUT2D eigenvalue weighted by Gasteiger charge is -2.10. The monoisotopic (exact) mass is 440 g/mol. The quantitative estimate of drug-likeness (QED) is 0.325. The van der Waals surface area contributed by atoms with E-state index in [1.165, 1.54) is 0 Å². The Hall–Kier alpha value is -2.59. The van der Waals surface area contributed by atoms with Crippen LogP contribution in [0.2, 0.25) is 15.1 Å². The van der Waals surface area contributed by atoms with Crippen LogP contribution < -0.4 is 4.74 Å². The van der Waals surface area contributed by atoms with E-state index < -0.39 is 0 Å². The molecule has 3 aromatic carbocycles. The van der Waals surface area contributed by atoms with E-state index in [0.29, 0.717) is 33.2 Å². The number of aromatic nitrogens is 2. The first kappa shape index (κ1) is 19.7. The van der Waals surface area contributed by atoms with Gasteiger partial charge < -0.3 is 4.74 Å². The zero-order valence-electron chi connectivity index (χ0n) is 15.1. The van der Waals surface area contributed by atoms with E-state index in [2.05, 4.69) is 4.98 Å². The Kier molecular flexibility index (Phi) is 6.00. The summed E-state index contributed by atoms with van der Waals surface area (Å²) in [5.74, 6) is 0.435. The minimum absolute atomic E-state index is 0.329. The molecular formula is C23H15Cl3N2O. The third-order valence-corrected chi connectivity index (χ3v) is 5.01. The van der Waals surface area contributed by atoms with E-state index in [-0.39, 0.29) is 0 Å². The van der Waals surface area contributed by atoms with Crippen LogP contribution in [0.3, 0.4) is 0 Å². The molecule has 4 aromatic rings. The molecular weight excluding hydrogens is 427 g/mol. The molecule has 0 aliphatic carbocycles. The second-order valence-corrected chi connectivity index (χ2v) is 7.60. The van der Waals surface area contributed by atoms with Crippen LogP contribution in [0.15, 0.2) is 66.7 Å². The van der Waals surface area contributed by atoms with E-state index in [0.717, 1.165) is 22.2 Å². The van der Waals surface area contributed by atoms with Crippen molar-refractivity contribution < 1.29 is 4.74 Å². The first-order valence-electron chi connectivity index (χ1n) is 8.86. The molecule has 0 amide bonds. The summed E-state index contributed by atoms with van der Waals surface area (Å²) in [7, 11) is 0. The molecule has 0 radical (unpaired) electrons. The third-order valence-electron chi connectivity index (χ3n) is 4.21. The van der Waals surface area contributed by atoms with Crippen molar-refractivity contribution in [1.29, 1.82) is 0 Å². The van der Waals surface area contributed by atoms with Crippen LogP contribution in [0.25, 0.3) is 23.2 Å². The van der Waals surface area contributed by atoms with Gasteiger partial charge in [0.2, 0.25) is 5.88 Å². The van der Waals surface area contributed by atoms with Gasteiger partial charge in [-0.2, -0.15) is 0 Å². The normalized spacial score (nSPS) is 11.3. The van der Waals surface area contributed by atoms with Gasteiger partial charge >= 0.3 is 0 Å². The molecule has 0 aliphatic heterocycles. The van der Waals surface area contributed by atoms with Crippen molar-refractivity contribution in [2.24, 2.45) is 0 Å². The highest BCUT2D eigenvalue weighted by molar-refractivity contribution is 6.35.